The van der Waals surface area contributed by atoms with E-state index in [1.54, 1.807) is 0 Å². The van der Waals surface area contributed by atoms with E-state index in [0.717, 1.165) is 5.52 Å². The molecule has 0 aliphatic carbocycles. The number of aryl methyl sites for hydroxylation is 1. The van der Waals surface area contributed by atoms with Gasteiger partial charge in [0.25, 0.3) is 0 Å². The molecule has 0 N–H and O–H groups in total. The molecule has 2 nitrogen and oxygen atoms in total. The van der Waals surface area contributed by atoms with Gasteiger partial charge in [0.05, 0.1) is 6.54 Å². The summed E-state index contributed by atoms with van der Waals surface area (Å²) in [5.74, 6) is 0. The lowest BCUT2D eigenvalue weighted by molar-refractivity contribution is -0.109. The van der Waals surface area contributed by atoms with Gasteiger partial charge >= 0.3 is 0 Å². The van der Waals surface area contributed by atoms with E-state index in [1.165, 1.54) is 10.9 Å². The largest absolute Gasteiger partial charge is 0.339 e. The van der Waals surface area contributed by atoms with Crippen LogP contribution in [0.25, 0.3) is 10.9 Å². The van der Waals surface area contributed by atoms with Crippen molar-refractivity contribution in [2.75, 3.05) is 0 Å². The molecule has 0 radical (unpaired) electrons. The molecule has 0 aliphatic rings. The maximum atomic E-state index is 11.0. The number of hydrogen-bond donors (Lipinski definition) is 0. The Labute approximate surface area is 96.1 Å². The Morgan fingerprint density at radius 3 is 2.86 bits per heavy atom. The molecule has 2 rings (SSSR count). The van der Waals surface area contributed by atoms with Crippen LogP contribution in [0.3, 0.4) is 0 Å². The summed E-state index contributed by atoms with van der Waals surface area (Å²) < 4.78 is 2.16. The van der Waals surface area contributed by atoms with E-state index in [1.807, 2.05) is 51.6 Å². The van der Waals surface area contributed by atoms with Crippen LogP contribution >= 0.6 is 22.6 Å². The van der Waals surface area contributed by atoms with Gasteiger partial charge in [-0.15, -0.1) is 0 Å². The molecule has 0 atom stereocenters. The van der Waals surface area contributed by atoms with Crippen LogP contribution in [-0.2, 0) is 11.3 Å². The van der Waals surface area contributed by atoms with Crippen LogP contribution in [-0.4, -0.2) is 8.36 Å². The van der Waals surface area contributed by atoms with Crippen molar-refractivity contribution in [2.45, 2.75) is 13.5 Å². The number of rotatable bonds is 2. The predicted octanol–water partition coefficient (Wildman–Crippen LogP) is 2.91. The summed E-state index contributed by atoms with van der Waals surface area (Å²) in [6.07, 6.45) is 2.03. The number of hydrogen-bond acceptors (Lipinski definition) is 1. The molecule has 3 heteroatoms. The zero-order valence-corrected chi connectivity index (χ0v) is 9.98. The summed E-state index contributed by atoms with van der Waals surface area (Å²) in [6.45, 7) is 2.52. The van der Waals surface area contributed by atoms with E-state index in [4.69, 9.17) is 0 Å². The first kappa shape index (κ1) is 9.71. The molecule has 0 unspecified atom stereocenters. The Balaban J connectivity index is 2.60. The fourth-order valence-electron chi connectivity index (χ4n) is 1.70. The van der Waals surface area contributed by atoms with Crippen molar-refractivity contribution >= 4 is 37.3 Å². The third-order valence-corrected chi connectivity index (χ3v) is 2.62. The molecule has 0 fully saturated rings. The summed E-state index contributed by atoms with van der Waals surface area (Å²) >= 11 is 1.83. The van der Waals surface area contributed by atoms with Gasteiger partial charge in [-0.05, 0) is 18.6 Å². The highest BCUT2D eigenvalue weighted by Gasteiger charge is 2.05. The van der Waals surface area contributed by atoms with E-state index in [-0.39, 0.29) is 3.79 Å². The van der Waals surface area contributed by atoms with Gasteiger partial charge in [-0.1, -0.05) is 18.2 Å². The highest BCUT2D eigenvalue weighted by Crippen LogP contribution is 2.20. The quantitative estimate of drug-likeness (QED) is 0.617. The van der Waals surface area contributed by atoms with Crippen molar-refractivity contribution in [3.63, 3.8) is 0 Å². The van der Waals surface area contributed by atoms with E-state index >= 15 is 0 Å². The maximum absolute atomic E-state index is 11.0. The molecule has 0 bridgehead atoms. The van der Waals surface area contributed by atoms with Crippen molar-refractivity contribution < 1.29 is 4.79 Å². The smallest absolute Gasteiger partial charge is 0.211 e. The van der Waals surface area contributed by atoms with Gasteiger partial charge in [-0.25, -0.2) is 0 Å². The fourth-order valence-corrected chi connectivity index (χ4v) is 2.06. The van der Waals surface area contributed by atoms with Gasteiger partial charge in [0, 0.05) is 39.7 Å². The Morgan fingerprint density at radius 1 is 1.43 bits per heavy atom. The second kappa shape index (κ2) is 3.73. The van der Waals surface area contributed by atoms with Crippen molar-refractivity contribution in [1.82, 2.24) is 4.57 Å². The number of carbonyl (C=O) groups excluding carboxylic acids is 1. The van der Waals surface area contributed by atoms with Crippen molar-refractivity contribution in [3.05, 3.63) is 36.0 Å². The predicted molar refractivity (Wildman–Crippen MR) is 65.7 cm³/mol. The number of para-hydroxylation sites is 1. The van der Waals surface area contributed by atoms with Crippen LogP contribution in [0, 0.1) is 6.92 Å². The Kier molecular flexibility index (Phi) is 2.58. The fraction of sp³-hybridized carbons (Fsp3) is 0.182. The first-order chi connectivity index (χ1) is 6.68. The van der Waals surface area contributed by atoms with Gasteiger partial charge in [0.1, 0.15) is 0 Å². The minimum atomic E-state index is 0.156. The number of aromatic nitrogens is 1. The SMILES string of the molecule is Cc1cn(CC(=O)I)c2ccccc12. The summed E-state index contributed by atoms with van der Waals surface area (Å²) in [5.41, 5.74) is 2.35. The van der Waals surface area contributed by atoms with Crippen LogP contribution in [0.1, 0.15) is 5.56 Å². The third-order valence-electron chi connectivity index (χ3n) is 2.28. The minimum absolute atomic E-state index is 0.156. The second-order valence-corrected chi connectivity index (χ2v) is 4.52. The standard InChI is InChI=1S/C11H10INO/c1-8-6-13(7-11(12)14)10-5-3-2-4-9(8)10/h2-6H,7H2,1H3. The van der Waals surface area contributed by atoms with E-state index in [2.05, 4.69) is 13.0 Å². The number of benzene rings is 1. The Bertz CT molecular complexity index is 487. The molecular weight excluding hydrogens is 289 g/mol. The second-order valence-electron chi connectivity index (χ2n) is 3.31. The molecular formula is C11H10INO. The van der Waals surface area contributed by atoms with Gasteiger partial charge < -0.3 is 4.57 Å². The highest BCUT2D eigenvalue weighted by molar-refractivity contribution is 14.1. The van der Waals surface area contributed by atoms with Crippen LogP contribution in [0.15, 0.2) is 30.5 Å². The lowest BCUT2D eigenvalue weighted by atomic mass is 10.2. The lowest BCUT2D eigenvalue weighted by Crippen LogP contribution is -2.01. The summed E-state index contributed by atoms with van der Waals surface area (Å²) in [4.78, 5) is 11.0. The van der Waals surface area contributed by atoms with E-state index in [0.29, 0.717) is 6.54 Å². The molecule has 14 heavy (non-hydrogen) atoms. The number of halogens is 1. The number of fused-ring (bicyclic) bond motifs is 1. The zero-order valence-electron chi connectivity index (χ0n) is 7.83. The average molecular weight is 299 g/mol. The van der Waals surface area contributed by atoms with Crippen molar-refractivity contribution in [1.29, 1.82) is 0 Å². The summed E-state index contributed by atoms with van der Waals surface area (Å²) in [6, 6.07) is 8.14. The first-order valence-electron chi connectivity index (χ1n) is 4.41. The van der Waals surface area contributed by atoms with Crippen molar-refractivity contribution in [3.8, 4) is 0 Å². The molecule has 72 valence electrons. The van der Waals surface area contributed by atoms with E-state index in [9.17, 15) is 4.79 Å². The number of nitrogens with zero attached hydrogens (tertiary/aromatic N) is 1. The van der Waals surface area contributed by atoms with Gasteiger partial charge in [-0.3, -0.25) is 4.79 Å². The molecule has 1 heterocycles. The van der Waals surface area contributed by atoms with Gasteiger partial charge in [-0.2, -0.15) is 0 Å². The summed E-state index contributed by atoms with van der Waals surface area (Å²) in [7, 11) is 0. The van der Waals surface area contributed by atoms with Gasteiger partial charge in [0.15, 0.2) is 0 Å². The monoisotopic (exact) mass is 299 g/mol. The molecule has 0 saturated heterocycles. The normalized spacial score (nSPS) is 10.7. The maximum Gasteiger partial charge on any atom is 0.211 e. The number of carbonyl (C=O) groups is 1. The zero-order chi connectivity index (χ0) is 10.1. The van der Waals surface area contributed by atoms with Crippen molar-refractivity contribution in [2.24, 2.45) is 0 Å². The van der Waals surface area contributed by atoms with E-state index < -0.39 is 0 Å². The topological polar surface area (TPSA) is 22.0 Å². The molecule has 0 amide bonds. The molecule has 0 saturated carbocycles. The molecule has 2 aromatic rings. The Hall–Kier alpha value is -0.840. The molecule has 1 aromatic carbocycles. The molecule has 0 spiro atoms. The average Bonchev–Trinajstić information content (AvgIpc) is 2.44. The third kappa shape index (κ3) is 1.68. The lowest BCUT2D eigenvalue weighted by Gasteiger charge is -1.99. The van der Waals surface area contributed by atoms with Crippen LogP contribution in [0.2, 0.25) is 0 Å². The highest BCUT2D eigenvalue weighted by atomic mass is 127. The molecule has 0 aliphatic heterocycles. The summed E-state index contributed by atoms with van der Waals surface area (Å²) in [5, 5.41) is 1.23. The first-order valence-corrected chi connectivity index (χ1v) is 5.49. The van der Waals surface area contributed by atoms with Crippen LogP contribution in [0.4, 0.5) is 0 Å². The van der Waals surface area contributed by atoms with Gasteiger partial charge in [0.2, 0.25) is 3.79 Å². The van der Waals surface area contributed by atoms with Crippen LogP contribution in [0.5, 0.6) is 0 Å². The minimum Gasteiger partial charge on any atom is -0.339 e. The van der Waals surface area contributed by atoms with Crippen LogP contribution < -0.4 is 0 Å². The molecule has 1 aromatic heterocycles. The Morgan fingerprint density at radius 2 is 2.14 bits per heavy atom.